The number of esters is 1. The summed E-state index contributed by atoms with van der Waals surface area (Å²) in [6.07, 6.45) is 0.553. The molecule has 3 aromatic rings. The zero-order valence-electron chi connectivity index (χ0n) is 19.2. The predicted molar refractivity (Wildman–Crippen MR) is 132 cm³/mol. The second kappa shape index (κ2) is 11.5. The summed E-state index contributed by atoms with van der Waals surface area (Å²) < 4.78 is 33.1. The van der Waals surface area contributed by atoms with E-state index in [9.17, 15) is 18.0 Å². The minimum Gasteiger partial charge on any atom is -0.465 e. The summed E-state index contributed by atoms with van der Waals surface area (Å²) in [6, 6.07) is 21.0. The van der Waals surface area contributed by atoms with E-state index in [0.717, 1.165) is 16.7 Å². The summed E-state index contributed by atoms with van der Waals surface area (Å²) in [5, 5.41) is 2.66. The first-order chi connectivity index (χ1) is 16.2. The van der Waals surface area contributed by atoms with Gasteiger partial charge in [0, 0.05) is 24.2 Å². The molecule has 0 aliphatic carbocycles. The normalized spacial score (nSPS) is 11.0. The van der Waals surface area contributed by atoms with Crippen LogP contribution in [0.1, 0.15) is 29.5 Å². The molecule has 0 unspecified atom stereocenters. The molecule has 8 heteroatoms. The Bertz CT molecular complexity index is 1220. The average molecular weight is 481 g/mol. The van der Waals surface area contributed by atoms with E-state index < -0.39 is 16.0 Å². The van der Waals surface area contributed by atoms with E-state index in [-0.39, 0.29) is 30.3 Å². The van der Waals surface area contributed by atoms with Crippen LogP contribution in [0.3, 0.4) is 0 Å². The van der Waals surface area contributed by atoms with Crippen LogP contribution in [0.5, 0.6) is 0 Å². The van der Waals surface area contributed by atoms with Crippen LogP contribution < -0.4 is 10.0 Å². The molecule has 0 aliphatic rings. The molecule has 0 heterocycles. The standard InChI is InChI=1S/C26H28N2O5S/c1-19-16-20(2)18-23(17-19)28-34(31,32)24-10-8-22(9-11-24)27-25(29)12-13-26(30)33-15-14-21-6-4-3-5-7-21/h3-11,16-18,28H,12-15H2,1-2H3,(H,27,29). The van der Waals surface area contributed by atoms with Crippen molar-refractivity contribution >= 4 is 33.3 Å². The lowest BCUT2D eigenvalue weighted by atomic mass is 10.1. The van der Waals surface area contributed by atoms with E-state index in [4.69, 9.17) is 4.74 Å². The lowest BCUT2D eigenvalue weighted by Crippen LogP contribution is -2.16. The maximum atomic E-state index is 12.7. The van der Waals surface area contributed by atoms with Crippen molar-refractivity contribution in [3.63, 3.8) is 0 Å². The van der Waals surface area contributed by atoms with Crippen LogP contribution in [0.15, 0.2) is 77.7 Å². The van der Waals surface area contributed by atoms with Gasteiger partial charge in [0.1, 0.15) is 0 Å². The Morgan fingerprint density at radius 3 is 2.12 bits per heavy atom. The van der Waals surface area contributed by atoms with Gasteiger partial charge in [-0.3, -0.25) is 14.3 Å². The molecule has 3 rings (SSSR count). The maximum absolute atomic E-state index is 12.7. The van der Waals surface area contributed by atoms with Crippen LogP contribution in [-0.2, 0) is 30.8 Å². The summed E-state index contributed by atoms with van der Waals surface area (Å²) in [5.41, 5.74) is 3.91. The van der Waals surface area contributed by atoms with Gasteiger partial charge >= 0.3 is 5.97 Å². The molecule has 0 saturated heterocycles. The third-order valence-electron chi connectivity index (χ3n) is 4.98. The molecule has 0 aliphatic heterocycles. The van der Waals surface area contributed by atoms with Crippen molar-refractivity contribution in [2.24, 2.45) is 0 Å². The summed E-state index contributed by atoms with van der Waals surface area (Å²) in [5.74, 6) is -0.797. The Morgan fingerprint density at radius 1 is 0.824 bits per heavy atom. The van der Waals surface area contributed by atoms with Gasteiger partial charge in [0.15, 0.2) is 0 Å². The van der Waals surface area contributed by atoms with Gasteiger partial charge in [0.2, 0.25) is 5.91 Å². The first-order valence-corrected chi connectivity index (χ1v) is 12.4. The first kappa shape index (κ1) is 25.0. The summed E-state index contributed by atoms with van der Waals surface area (Å²) in [6.45, 7) is 4.05. The third kappa shape index (κ3) is 7.74. The number of hydrogen-bond donors (Lipinski definition) is 2. The Morgan fingerprint density at radius 2 is 1.47 bits per heavy atom. The topological polar surface area (TPSA) is 102 Å². The number of rotatable bonds is 10. The molecule has 7 nitrogen and oxygen atoms in total. The zero-order chi connectivity index (χ0) is 24.6. The van der Waals surface area contributed by atoms with Crippen molar-refractivity contribution in [1.82, 2.24) is 0 Å². The van der Waals surface area contributed by atoms with Crippen LogP contribution >= 0.6 is 0 Å². The fraction of sp³-hybridized carbons (Fsp3) is 0.231. The third-order valence-corrected chi connectivity index (χ3v) is 6.37. The molecule has 34 heavy (non-hydrogen) atoms. The Kier molecular flexibility index (Phi) is 8.43. The number of hydrogen-bond acceptors (Lipinski definition) is 5. The van der Waals surface area contributed by atoms with Gasteiger partial charge in [0.05, 0.1) is 17.9 Å². The van der Waals surface area contributed by atoms with E-state index in [1.54, 1.807) is 12.1 Å². The second-order valence-corrected chi connectivity index (χ2v) is 9.69. The van der Waals surface area contributed by atoms with Gasteiger partial charge in [-0.25, -0.2) is 8.42 Å². The lowest BCUT2D eigenvalue weighted by molar-refractivity contribution is -0.144. The van der Waals surface area contributed by atoms with Crippen LogP contribution in [0.25, 0.3) is 0 Å². The quantitative estimate of drug-likeness (QED) is 0.413. The van der Waals surface area contributed by atoms with Gasteiger partial charge < -0.3 is 10.1 Å². The van der Waals surface area contributed by atoms with Crippen molar-refractivity contribution in [3.8, 4) is 0 Å². The Balaban J connectivity index is 1.46. The van der Waals surface area contributed by atoms with Gasteiger partial charge in [-0.05, 0) is 66.9 Å². The van der Waals surface area contributed by atoms with E-state index in [2.05, 4.69) is 10.0 Å². The number of benzene rings is 3. The smallest absolute Gasteiger partial charge is 0.306 e. The highest BCUT2D eigenvalue weighted by atomic mass is 32.2. The van der Waals surface area contributed by atoms with Crippen molar-refractivity contribution in [3.05, 3.63) is 89.5 Å². The molecule has 0 fully saturated rings. The van der Waals surface area contributed by atoms with E-state index in [1.165, 1.54) is 24.3 Å². The molecule has 0 aromatic heterocycles. The second-order valence-electron chi connectivity index (χ2n) is 8.01. The van der Waals surface area contributed by atoms with Crippen molar-refractivity contribution < 1.29 is 22.7 Å². The number of carbonyl (C=O) groups excluding carboxylic acids is 2. The van der Waals surface area contributed by atoms with Gasteiger partial charge in [0.25, 0.3) is 10.0 Å². The number of nitrogens with one attached hydrogen (secondary N) is 2. The van der Waals surface area contributed by atoms with Crippen molar-refractivity contribution in [2.75, 3.05) is 16.6 Å². The number of amides is 1. The summed E-state index contributed by atoms with van der Waals surface area (Å²) in [4.78, 5) is 24.1. The molecule has 0 atom stereocenters. The molecule has 3 aromatic carbocycles. The average Bonchev–Trinajstić information content (AvgIpc) is 2.78. The molecule has 178 valence electrons. The molecule has 1 amide bonds. The van der Waals surface area contributed by atoms with Gasteiger partial charge in [-0.15, -0.1) is 0 Å². The number of ether oxygens (including phenoxy) is 1. The first-order valence-electron chi connectivity index (χ1n) is 10.9. The molecule has 0 bridgehead atoms. The molecule has 0 radical (unpaired) electrons. The Hall–Kier alpha value is -3.65. The Labute approximate surface area is 200 Å². The fourth-order valence-electron chi connectivity index (χ4n) is 3.40. The number of sulfonamides is 1. The van der Waals surface area contributed by atoms with E-state index in [1.807, 2.05) is 50.2 Å². The minimum atomic E-state index is -3.77. The van der Waals surface area contributed by atoms with Crippen molar-refractivity contribution in [2.45, 2.75) is 38.0 Å². The molecular weight excluding hydrogens is 452 g/mol. The maximum Gasteiger partial charge on any atom is 0.306 e. The van der Waals surface area contributed by atoms with Crippen molar-refractivity contribution in [1.29, 1.82) is 0 Å². The van der Waals surface area contributed by atoms with E-state index >= 15 is 0 Å². The lowest BCUT2D eigenvalue weighted by Gasteiger charge is -2.11. The van der Waals surface area contributed by atoms with Crippen LogP contribution in [0.2, 0.25) is 0 Å². The van der Waals surface area contributed by atoms with Gasteiger partial charge in [-0.2, -0.15) is 0 Å². The van der Waals surface area contributed by atoms with Crippen LogP contribution in [0, 0.1) is 13.8 Å². The number of aryl methyl sites for hydroxylation is 2. The SMILES string of the molecule is Cc1cc(C)cc(NS(=O)(=O)c2ccc(NC(=O)CCC(=O)OCCc3ccccc3)cc2)c1. The predicted octanol–water partition coefficient (Wildman–Crippen LogP) is 4.61. The molecular formula is C26H28N2O5S. The minimum absolute atomic E-state index is 0.0293. The highest BCUT2D eigenvalue weighted by molar-refractivity contribution is 7.92. The number of anilines is 2. The van der Waals surface area contributed by atoms with Crippen LogP contribution in [-0.4, -0.2) is 26.9 Å². The molecule has 2 N–H and O–H groups in total. The highest BCUT2D eigenvalue weighted by Crippen LogP contribution is 2.20. The van der Waals surface area contributed by atoms with Crippen LogP contribution in [0.4, 0.5) is 11.4 Å². The fourth-order valence-corrected chi connectivity index (χ4v) is 4.44. The summed E-state index contributed by atoms with van der Waals surface area (Å²) in [7, 11) is -3.77. The summed E-state index contributed by atoms with van der Waals surface area (Å²) >= 11 is 0. The van der Waals surface area contributed by atoms with E-state index in [0.29, 0.717) is 17.8 Å². The largest absolute Gasteiger partial charge is 0.465 e. The monoisotopic (exact) mass is 480 g/mol. The zero-order valence-corrected chi connectivity index (χ0v) is 20.0. The highest BCUT2D eigenvalue weighted by Gasteiger charge is 2.15. The van der Waals surface area contributed by atoms with Gasteiger partial charge in [-0.1, -0.05) is 36.4 Å². The molecule has 0 spiro atoms. The molecule has 0 saturated carbocycles. The number of carbonyl (C=O) groups is 2.